The SMILES string of the molecule is Cc1ccc(-c2nnc(SCc3cc(=O)c(O)co3)n2-c2ccc(Cl)cc2)cc1. The molecule has 0 aliphatic carbocycles. The molecule has 0 radical (unpaired) electrons. The molecule has 4 rings (SSSR count). The average molecular weight is 426 g/mol. The van der Waals surface area contributed by atoms with Gasteiger partial charge in [0.15, 0.2) is 16.7 Å². The van der Waals surface area contributed by atoms with Crippen molar-refractivity contribution in [2.75, 3.05) is 0 Å². The molecule has 146 valence electrons. The van der Waals surface area contributed by atoms with Crippen molar-refractivity contribution in [2.24, 2.45) is 0 Å². The zero-order chi connectivity index (χ0) is 20.4. The lowest BCUT2D eigenvalue weighted by Crippen LogP contribution is -2.01. The molecule has 2 aromatic heterocycles. The summed E-state index contributed by atoms with van der Waals surface area (Å²) in [6.45, 7) is 2.03. The quantitative estimate of drug-likeness (QED) is 0.460. The van der Waals surface area contributed by atoms with Gasteiger partial charge in [-0.25, -0.2) is 0 Å². The minimum atomic E-state index is -0.480. The minimum Gasteiger partial charge on any atom is -0.502 e. The maximum Gasteiger partial charge on any atom is 0.226 e. The van der Waals surface area contributed by atoms with Crippen LogP contribution in [-0.2, 0) is 5.75 Å². The van der Waals surface area contributed by atoms with Crippen molar-refractivity contribution >= 4 is 23.4 Å². The summed E-state index contributed by atoms with van der Waals surface area (Å²) in [5, 5.41) is 19.3. The number of aromatic hydroxyl groups is 1. The van der Waals surface area contributed by atoms with Gasteiger partial charge >= 0.3 is 0 Å². The molecule has 4 aromatic rings. The predicted molar refractivity (Wildman–Crippen MR) is 113 cm³/mol. The Bertz CT molecular complexity index is 1200. The zero-order valence-electron chi connectivity index (χ0n) is 15.4. The fraction of sp³-hybridized carbons (Fsp3) is 0.0952. The highest BCUT2D eigenvalue weighted by Gasteiger charge is 2.17. The van der Waals surface area contributed by atoms with Gasteiger partial charge in [-0.3, -0.25) is 9.36 Å². The summed E-state index contributed by atoms with van der Waals surface area (Å²) < 4.78 is 7.22. The van der Waals surface area contributed by atoms with E-state index in [1.807, 2.05) is 60.0 Å². The van der Waals surface area contributed by atoms with Gasteiger partial charge in [-0.1, -0.05) is 53.2 Å². The molecule has 2 aromatic carbocycles. The van der Waals surface area contributed by atoms with E-state index in [2.05, 4.69) is 10.2 Å². The van der Waals surface area contributed by atoms with Crippen molar-refractivity contribution in [3.63, 3.8) is 0 Å². The first kappa shape index (κ1) is 19.3. The van der Waals surface area contributed by atoms with E-state index < -0.39 is 11.2 Å². The van der Waals surface area contributed by atoms with Crippen LogP contribution in [0.1, 0.15) is 11.3 Å². The molecule has 0 saturated heterocycles. The Morgan fingerprint density at radius 1 is 1.10 bits per heavy atom. The molecule has 6 nitrogen and oxygen atoms in total. The molecule has 0 atom stereocenters. The van der Waals surface area contributed by atoms with Crippen molar-refractivity contribution in [1.29, 1.82) is 0 Å². The van der Waals surface area contributed by atoms with Gasteiger partial charge in [-0.15, -0.1) is 10.2 Å². The topological polar surface area (TPSA) is 81.2 Å². The van der Waals surface area contributed by atoms with Crippen LogP contribution >= 0.6 is 23.4 Å². The van der Waals surface area contributed by atoms with E-state index in [-0.39, 0.29) is 0 Å². The third-order valence-electron chi connectivity index (χ3n) is 4.24. The lowest BCUT2D eigenvalue weighted by molar-refractivity contribution is 0.419. The van der Waals surface area contributed by atoms with E-state index in [0.717, 1.165) is 23.1 Å². The molecular formula is C21H16ClN3O3S. The second-order valence-electron chi connectivity index (χ2n) is 6.37. The molecule has 8 heteroatoms. The maximum atomic E-state index is 11.6. The van der Waals surface area contributed by atoms with Crippen LogP contribution in [0.4, 0.5) is 0 Å². The van der Waals surface area contributed by atoms with Crippen LogP contribution in [0.3, 0.4) is 0 Å². The largest absolute Gasteiger partial charge is 0.502 e. The molecule has 0 fully saturated rings. The van der Waals surface area contributed by atoms with Gasteiger partial charge in [-0.05, 0) is 31.2 Å². The average Bonchev–Trinajstić information content (AvgIpc) is 3.14. The van der Waals surface area contributed by atoms with E-state index in [0.29, 0.717) is 27.5 Å². The van der Waals surface area contributed by atoms with E-state index in [1.165, 1.54) is 17.8 Å². The van der Waals surface area contributed by atoms with Crippen molar-refractivity contribution in [3.05, 3.63) is 87.4 Å². The van der Waals surface area contributed by atoms with Gasteiger partial charge in [-0.2, -0.15) is 0 Å². The predicted octanol–water partition coefficient (Wildman–Crippen LogP) is 4.85. The molecule has 2 heterocycles. The Kier molecular flexibility index (Phi) is 5.42. The number of hydrogen-bond donors (Lipinski definition) is 1. The standard InChI is InChI=1S/C21H16ClN3O3S/c1-13-2-4-14(5-3-13)20-23-24-21(25(20)16-8-6-15(22)7-9-16)29-12-17-10-18(26)19(27)11-28-17/h2-11,27H,12H2,1H3. The molecule has 0 saturated carbocycles. The molecule has 0 aliphatic rings. The second-order valence-corrected chi connectivity index (χ2v) is 7.75. The number of aryl methyl sites for hydroxylation is 1. The van der Waals surface area contributed by atoms with Gasteiger partial charge in [0.2, 0.25) is 5.43 Å². The zero-order valence-corrected chi connectivity index (χ0v) is 16.9. The van der Waals surface area contributed by atoms with E-state index in [4.69, 9.17) is 16.0 Å². The number of aromatic nitrogens is 3. The fourth-order valence-electron chi connectivity index (χ4n) is 2.73. The first-order chi connectivity index (χ1) is 14.0. The Balaban J connectivity index is 1.73. The number of hydrogen-bond acceptors (Lipinski definition) is 6. The van der Waals surface area contributed by atoms with Crippen LogP contribution < -0.4 is 5.43 Å². The highest BCUT2D eigenvalue weighted by molar-refractivity contribution is 7.98. The summed E-state index contributed by atoms with van der Waals surface area (Å²) in [7, 11) is 0. The Hall–Kier alpha value is -3.03. The fourth-order valence-corrected chi connectivity index (χ4v) is 3.70. The van der Waals surface area contributed by atoms with Crippen LogP contribution in [0.2, 0.25) is 5.02 Å². The maximum absolute atomic E-state index is 11.6. The molecule has 29 heavy (non-hydrogen) atoms. The molecule has 0 aliphatic heterocycles. The van der Waals surface area contributed by atoms with E-state index >= 15 is 0 Å². The van der Waals surface area contributed by atoms with Gasteiger partial charge in [0.25, 0.3) is 0 Å². The number of nitrogens with zero attached hydrogens (tertiary/aromatic N) is 3. The Morgan fingerprint density at radius 3 is 2.52 bits per heavy atom. The number of halogens is 1. The van der Waals surface area contributed by atoms with Crippen LogP contribution in [0.15, 0.2) is 75.2 Å². The summed E-state index contributed by atoms with van der Waals surface area (Å²) >= 11 is 7.42. The van der Waals surface area contributed by atoms with Crippen molar-refractivity contribution < 1.29 is 9.52 Å². The molecule has 0 unspecified atom stereocenters. The highest BCUT2D eigenvalue weighted by atomic mass is 35.5. The first-order valence-corrected chi connectivity index (χ1v) is 10.1. The van der Waals surface area contributed by atoms with Gasteiger partial charge < -0.3 is 9.52 Å². The monoisotopic (exact) mass is 425 g/mol. The van der Waals surface area contributed by atoms with Crippen LogP contribution in [0, 0.1) is 6.92 Å². The summed E-state index contributed by atoms with van der Waals surface area (Å²) in [5.74, 6) is 1.07. The summed E-state index contributed by atoms with van der Waals surface area (Å²) in [6, 6.07) is 16.7. The Labute approximate surface area is 175 Å². The van der Waals surface area contributed by atoms with Crippen molar-refractivity contribution in [2.45, 2.75) is 17.8 Å². The minimum absolute atomic E-state index is 0.356. The van der Waals surface area contributed by atoms with Crippen LogP contribution in [-0.4, -0.2) is 19.9 Å². The van der Waals surface area contributed by atoms with Crippen LogP contribution in [0.25, 0.3) is 17.1 Å². The number of thioether (sulfide) groups is 1. The molecule has 1 N–H and O–H groups in total. The summed E-state index contributed by atoms with van der Waals surface area (Å²) in [6.07, 6.45) is 1.04. The normalized spacial score (nSPS) is 11.0. The molecular weight excluding hydrogens is 410 g/mol. The van der Waals surface area contributed by atoms with E-state index in [1.54, 1.807) is 0 Å². The highest BCUT2D eigenvalue weighted by Crippen LogP contribution is 2.30. The van der Waals surface area contributed by atoms with Crippen molar-refractivity contribution in [3.8, 4) is 22.8 Å². The number of benzene rings is 2. The van der Waals surface area contributed by atoms with Crippen LogP contribution in [0.5, 0.6) is 5.75 Å². The Morgan fingerprint density at radius 2 is 1.83 bits per heavy atom. The van der Waals surface area contributed by atoms with Gasteiger partial charge in [0.05, 0.1) is 5.75 Å². The first-order valence-electron chi connectivity index (χ1n) is 8.73. The third kappa shape index (κ3) is 4.21. The van der Waals surface area contributed by atoms with E-state index in [9.17, 15) is 9.90 Å². The number of rotatable bonds is 5. The summed E-state index contributed by atoms with van der Waals surface area (Å²) in [4.78, 5) is 11.6. The third-order valence-corrected chi connectivity index (χ3v) is 5.44. The molecule has 0 bridgehead atoms. The van der Waals surface area contributed by atoms with Crippen molar-refractivity contribution in [1.82, 2.24) is 14.8 Å². The van der Waals surface area contributed by atoms with Gasteiger partial charge in [0.1, 0.15) is 12.0 Å². The summed E-state index contributed by atoms with van der Waals surface area (Å²) in [5.41, 5.74) is 2.47. The lowest BCUT2D eigenvalue weighted by atomic mass is 10.1. The second kappa shape index (κ2) is 8.14. The molecule has 0 amide bonds. The van der Waals surface area contributed by atoms with Gasteiger partial charge in [0, 0.05) is 22.3 Å². The smallest absolute Gasteiger partial charge is 0.226 e. The lowest BCUT2D eigenvalue weighted by Gasteiger charge is -2.10. The molecule has 0 spiro atoms.